The van der Waals surface area contributed by atoms with E-state index in [9.17, 15) is 9.59 Å². The number of hydrogen-bond acceptors (Lipinski definition) is 5. The maximum atomic E-state index is 12.0. The van der Waals surface area contributed by atoms with Crippen molar-refractivity contribution in [3.8, 4) is 0 Å². The molecular weight excluding hydrogens is 248 g/mol. The van der Waals surface area contributed by atoms with Crippen molar-refractivity contribution in [3.05, 3.63) is 0 Å². The summed E-state index contributed by atoms with van der Waals surface area (Å²) in [4.78, 5) is 25.5. The Kier molecular flexibility index (Phi) is 6.80. The monoisotopic (exact) mass is 272 g/mol. The molecule has 0 bridgehead atoms. The quantitative estimate of drug-likeness (QED) is 0.691. The molecule has 0 aromatic carbocycles. The molecule has 0 aliphatic carbocycles. The van der Waals surface area contributed by atoms with Crippen LogP contribution >= 0.6 is 0 Å². The molecule has 0 aromatic heterocycles. The second kappa shape index (κ2) is 8.12. The lowest BCUT2D eigenvalue weighted by Crippen LogP contribution is -2.55. The number of amides is 1. The summed E-state index contributed by atoms with van der Waals surface area (Å²) in [6, 6.07) is -0.313. The fraction of sp³-hybridized carbons (Fsp3) is 0.846. The summed E-state index contributed by atoms with van der Waals surface area (Å²) in [5.41, 5.74) is 0. The topological polar surface area (TPSA) is 67.9 Å². The number of carbonyl (C=O) groups is 2. The van der Waals surface area contributed by atoms with Gasteiger partial charge in [0.05, 0.1) is 26.2 Å². The molecule has 1 heterocycles. The lowest BCUT2D eigenvalue weighted by molar-refractivity contribution is -0.148. The van der Waals surface area contributed by atoms with Crippen LogP contribution in [-0.4, -0.2) is 62.8 Å². The van der Waals surface area contributed by atoms with E-state index in [0.717, 1.165) is 6.42 Å². The van der Waals surface area contributed by atoms with Gasteiger partial charge in [-0.15, -0.1) is 0 Å². The Labute approximate surface area is 114 Å². The maximum Gasteiger partial charge on any atom is 0.309 e. The summed E-state index contributed by atoms with van der Waals surface area (Å²) >= 11 is 0. The largest absolute Gasteiger partial charge is 0.469 e. The molecule has 1 amide bonds. The molecule has 1 fully saturated rings. The average molecular weight is 272 g/mol. The number of nitrogens with one attached hydrogen (secondary N) is 1. The predicted molar refractivity (Wildman–Crippen MR) is 70.7 cm³/mol. The van der Waals surface area contributed by atoms with Crippen molar-refractivity contribution in [3.63, 3.8) is 0 Å². The third kappa shape index (κ3) is 4.80. The van der Waals surface area contributed by atoms with Crippen LogP contribution in [-0.2, 0) is 19.1 Å². The fourth-order valence-corrected chi connectivity index (χ4v) is 2.09. The second-order valence-electron chi connectivity index (χ2n) is 4.80. The molecule has 6 nitrogen and oxygen atoms in total. The molecule has 1 N–H and O–H groups in total. The molecule has 110 valence electrons. The maximum absolute atomic E-state index is 12.0. The van der Waals surface area contributed by atoms with Crippen LogP contribution in [0.1, 0.15) is 20.3 Å². The highest BCUT2D eigenvalue weighted by Crippen LogP contribution is 2.11. The number of ether oxygens (including phenoxy) is 2. The molecule has 0 aromatic rings. The summed E-state index contributed by atoms with van der Waals surface area (Å²) in [6.07, 6.45) is 0.901. The zero-order chi connectivity index (χ0) is 14.3. The fourth-order valence-electron chi connectivity index (χ4n) is 2.09. The lowest BCUT2D eigenvalue weighted by atomic mass is 10.1. The smallest absolute Gasteiger partial charge is 0.309 e. The number of carbonyl (C=O) groups excluding carboxylic acids is 2. The normalized spacial score (nSPS) is 21.7. The van der Waals surface area contributed by atoms with E-state index in [0.29, 0.717) is 32.8 Å². The molecule has 0 radical (unpaired) electrons. The van der Waals surface area contributed by atoms with Crippen LogP contribution in [0.3, 0.4) is 0 Å². The van der Waals surface area contributed by atoms with Crippen LogP contribution in [0.2, 0.25) is 0 Å². The SMILES string of the molecule is CCCNC(=O)C1COCCN1CC(C)C(=O)OC. The van der Waals surface area contributed by atoms with Crippen molar-refractivity contribution in [1.82, 2.24) is 10.2 Å². The first-order valence-corrected chi connectivity index (χ1v) is 6.77. The molecule has 1 aliphatic heterocycles. The van der Waals surface area contributed by atoms with Crippen LogP contribution < -0.4 is 5.32 Å². The molecule has 0 spiro atoms. The Balaban J connectivity index is 2.56. The van der Waals surface area contributed by atoms with Gasteiger partial charge in [0.2, 0.25) is 5.91 Å². The zero-order valence-corrected chi connectivity index (χ0v) is 12.0. The Bertz CT molecular complexity index is 309. The van der Waals surface area contributed by atoms with Gasteiger partial charge in [-0.25, -0.2) is 0 Å². The van der Waals surface area contributed by atoms with Crippen LogP contribution in [0, 0.1) is 5.92 Å². The van der Waals surface area contributed by atoms with Crippen molar-refractivity contribution in [1.29, 1.82) is 0 Å². The Hall–Kier alpha value is -1.14. The number of morpholine rings is 1. The molecule has 1 rings (SSSR count). The third-order valence-electron chi connectivity index (χ3n) is 3.20. The summed E-state index contributed by atoms with van der Waals surface area (Å²) in [5, 5.41) is 2.87. The van der Waals surface area contributed by atoms with E-state index in [2.05, 4.69) is 5.32 Å². The van der Waals surface area contributed by atoms with Crippen LogP contribution in [0.5, 0.6) is 0 Å². The summed E-state index contributed by atoms with van der Waals surface area (Å²) in [5.74, 6) is -0.526. The number of hydrogen-bond donors (Lipinski definition) is 1. The highest BCUT2D eigenvalue weighted by molar-refractivity contribution is 5.82. The second-order valence-corrected chi connectivity index (χ2v) is 4.80. The molecule has 2 atom stereocenters. The number of methoxy groups -OCH3 is 1. The Morgan fingerprint density at radius 3 is 2.89 bits per heavy atom. The van der Waals surface area contributed by atoms with Gasteiger partial charge in [0, 0.05) is 19.6 Å². The summed E-state index contributed by atoms with van der Waals surface area (Å²) in [7, 11) is 1.38. The standard InChI is InChI=1S/C13H24N2O4/c1-4-5-14-12(16)11-9-19-7-6-15(11)8-10(2)13(17)18-3/h10-11H,4-9H2,1-3H3,(H,14,16). The van der Waals surface area contributed by atoms with Gasteiger partial charge in [-0.1, -0.05) is 13.8 Å². The molecule has 1 aliphatic rings. The highest BCUT2D eigenvalue weighted by Gasteiger charge is 2.31. The van der Waals surface area contributed by atoms with Crippen molar-refractivity contribution in [2.24, 2.45) is 5.92 Å². The zero-order valence-electron chi connectivity index (χ0n) is 12.0. The van der Waals surface area contributed by atoms with E-state index in [4.69, 9.17) is 9.47 Å². The van der Waals surface area contributed by atoms with Gasteiger partial charge in [0.1, 0.15) is 6.04 Å². The van der Waals surface area contributed by atoms with Crippen molar-refractivity contribution < 1.29 is 19.1 Å². The molecular formula is C13H24N2O4. The van der Waals surface area contributed by atoms with Crippen LogP contribution in [0.15, 0.2) is 0 Å². The van der Waals surface area contributed by atoms with Crippen LogP contribution in [0.25, 0.3) is 0 Å². The minimum atomic E-state index is -0.313. The molecule has 6 heteroatoms. The van der Waals surface area contributed by atoms with Gasteiger partial charge in [-0.05, 0) is 6.42 Å². The Morgan fingerprint density at radius 1 is 1.53 bits per heavy atom. The van der Waals surface area contributed by atoms with Gasteiger partial charge in [-0.2, -0.15) is 0 Å². The molecule has 0 saturated carbocycles. The molecule has 2 unspecified atom stereocenters. The van der Waals surface area contributed by atoms with Crippen molar-refractivity contribution in [2.75, 3.05) is 40.0 Å². The third-order valence-corrected chi connectivity index (χ3v) is 3.20. The van der Waals surface area contributed by atoms with Gasteiger partial charge in [-0.3, -0.25) is 14.5 Å². The van der Waals surface area contributed by atoms with E-state index in [1.807, 2.05) is 18.7 Å². The average Bonchev–Trinajstić information content (AvgIpc) is 2.44. The number of rotatable bonds is 6. The number of esters is 1. The predicted octanol–water partition coefficient (Wildman–Crippen LogP) is 0.0225. The van der Waals surface area contributed by atoms with Crippen LogP contribution in [0.4, 0.5) is 0 Å². The summed E-state index contributed by atoms with van der Waals surface area (Å²) < 4.78 is 10.1. The van der Waals surface area contributed by atoms with Gasteiger partial charge in [0.25, 0.3) is 0 Å². The van der Waals surface area contributed by atoms with Gasteiger partial charge >= 0.3 is 5.97 Å². The van der Waals surface area contributed by atoms with E-state index in [1.165, 1.54) is 7.11 Å². The van der Waals surface area contributed by atoms with E-state index >= 15 is 0 Å². The lowest BCUT2D eigenvalue weighted by Gasteiger charge is -2.35. The minimum absolute atomic E-state index is 0.0291. The van der Waals surface area contributed by atoms with Gasteiger partial charge in [0.15, 0.2) is 0 Å². The first-order chi connectivity index (χ1) is 9.10. The number of nitrogens with zero attached hydrogens (tertiary/aromatic N) is 1. The molecule has 19 heavy (non-hydrogen) atoms. The van der Waals surface area contributed by atoms with E-state index in [-0.39, 0.29) is 23.8 Å². The van der Waals surface area contributed by atoms with E-state index < -0.39 is 0 Å². The minimum Gasteiger partial charge on any atom is -0.469 e. The summed E-state index contributed by atoms with van der Waals surface area (Å²) in [6.45, 7) is 6.62. The first-order valence-electron chi connectivity index (χ1n) is 6.77. The first kappa shape index (κ1) is 15.9. The van der Waals surface area contributed by atoms with Crippen molar-refractivity contribution in [2.45, 2.75) is 26.3 Å². The Morgan fingerprint density at radius 2 is 2.26 bits per heavy atom. The van der Waals surface area contributed by atoms with Gasteiger partial charge < -0.3 is 14.8 Å². The molecule has 1 saturated heterocycles. The highest BCUT2D eigenvalue weighted by atomic mass is 16.5. The van der Waals surface area contributed by atoms with Crippen molar-refractivity contribution >= 4 is 11.9 Å². The van der Waals surface area contributed by atoms with E-state index in [1.54, 1.807) is 0 Å².